The highest BCUT2D eigenvalue weighted by molar-refractivity contribution is 7.92. The summed E-state index contributed by atoms with van der Waals surface area (Å²) in [5.41, 5.74) is 1.90. The lowest BCUT2D eigenvalue weighted by Crippen LogP contribution is -2.14. The van der Waals surface area contributed by atoms with Crippen LogP contribution in [0.1, 0.15) is 30.4 Å². The molecule has 0 aliphatic heterocycles. The lowest BCUT2D eigenvalue weighted by molar-refractivity contribution is -0.115. The molecule has 1 amide bonds. The molecule has 12 heteroatoms. The lowest BCUT2D eigenvalue weighted by atomic mass is 10.2. The fourth-order valence-corrected chi connectivity index (χ4v) is 4.31. The average molecular weight is 491 g/mol. The van der Waals surface area contributed by atoms with Crippen LogP contribution in [-0.2, 0) is 24.8 Å². The van der Waals surface area contributed by atoms with Gasteiger partial charge in [0.25, 0.3) is 10.0 Å². The van der Waals surface area contributed by atoms with Gasteiger partial charge in [-0.05, 0) is 55.0 Å². The molecule has 0 unspecified atom stereocenters. The number of hydrogen-bond acceptors (Lipinski definition) is 7. The van der Waals surface area contributed by atoms with Crippen LogP contribution in [-0.4, -0.2) is 27.9 Å². The van der Waals surface area contributed by atoms with Crippen LogP contribution in [0.25, 0.3) is 12.2 Å². The summed E-state index contributed by atoms with van der Waals surface area (Å²) < 4.78 is 55.5. The Kier molecular flexibility index (Phi) is 7.01. The van der Waals surface area contributed by atoms with E-state index in [0.29, 0.717) is 29.1 Å². The Morgan fingerprint density at radius 1 is 1.00 bits per heavy atom. The summed E-state index contributed by atoms with van der Waals surface area (Å²) in [5, 5.41) is 11.6. The van der Waals surface area contributed by atoms with Crippen LogP contribution < -0.4 is 15.2 Å². The number of nitrogens with two attached hydrogens (primary N) is 1. The van der Waals surface area contributed by atoms with Crippen LogP contribution >= 0.6 is 0 Å². The first kappa shape index (κ1) is 24.2. The van der Waals surface area contributed by atoms with E-state index < -0.39 is 20.0 Å². The second-order valence-electron chi connectivity index (χ2n) is 6.99. The lowest BCUT2D eigenvalue weighted by Gasteiger charge is -2.09. The van der Waals surface area contributed by atoms with E-state index in [9.17, 15) is 21.6 Å². The molecule has 0 saturated carbocycles. The van der Waals surface area contributed by atoms with Crippen LogP contribution in [0.3, 0.4) is 0 Å². The van der Waals surface area contributed by atoms with E-state index in [4.69, 9.17) is 9.66 Å². The van der Waals surface area contributed by atoms with Crippen molar-refractivity contribution in [3.8, 4) is 0 Å². The van der Waals surface area contributed by atoms with Gasteiger partial charge in [0, 0.05) is 12.1 Å². The first-order valence-corrected chi connectivity index (χ1v) is 12.7. The number of sulfonamides is 2. The minimum absolute atomic E-state index is 0.0154. The molecule has 4 N–H and O–H groups in total. The summed E-state index contributed by atoms with van der Waals surface area (Å²) in [6.07, 6.45) is 3.63. The molecule has 33 heavy (non-hydrogen) atoms. The summed E-state index contributed by atoms with van der Waals surface area (Å²) in [6.45, 7) is 3.44. The zero-order valence-corrected chi connectivity index (χ0v) is 19.4. The Bertz CT molecular complexity index is 1390. The van der Waals surface area contributed by atoms with Crippen LogP contribution in [0.5, 0.6) is 0 Å². The van der Waals surface area contributed by atoms with Crippen molar-refractivity contribution in [3.05, 3.63) is 65.5 Å². The molecular weight excluding hydrogens is 468 g/mol. The maximum atomic E-state index is 12.6. The van der Waals surface area contributed by atoms with Gasteiger partial charge in [-0.3, -0.25) is 9.52 Å². The van der Waals surface area contributed by atoms with Gasteiger partial charge in [-0.15, -0.1) is 0 Å². The van der Waals surface area contributed by atoms with E-state index >= 15 is 0 Å². The Balaban J connectivity index is 1.74. The number of carbonyl (C=O) groups excluding carboxylic acids is 1. The number of hydrogen-bond donors (Lipinski definition) is 3. The van der Waals surface area contributed by atoms with Crippen molar-refractivity contribution in [1.29, 1.82) is 0 Å². The monoisotopic (exact) mass is 490 g/mol. The van der Waals surface area contributed by atoms with Crippen LogP contribution in [0.15, 0.2) is 62.8 Å². The zero-order chi connectivity index (χ0) is 24.2. The number of nitrogens with one attached hydrogen (secondary N) is 2. The summed E-state index contributed by atoms with van der Waals surface area (Å²) >= 11 is 0. The molecule has 174 valence electrons. The minimum Gasteiger partial charge on any atom is -0.354 e. The highest BCUT2D eigenvalue weighted by atomic mass is 32.2. The van der Waals surface area contributed by atoms with E-state index in [1.807, 2.05) is 0 Å². The van der Waals surface area contributed by atoms with Crippen molar-refractivity contribution in [2.75, 3.05) is 10.0 Å². The first-order valence-electron chi connectivity index (χ1n) is 9.69. The molecular formula is C21H22N4O6S2. The molecule has 0 bridgehead atoms. The van der Waals surface area contributed by atoms with Crippen molar-refractivity contribution >= 4 is 49.5 Å². The third-order valence-corrected chi connectivity index (χ3v) is 6.85. The zero-order valence-electron chi connectivity index (χ0n) is 17.8. The number of benzene rings is 2. The fourth-order valence-electron chi connectivity index (χ4n) is 2.74. The highest BCUT2D eigenvalue weighted by Gasteiger charge is 2.16. The quantitative estimate of drug-likeness (QED) is 0.437. The molecule has 0 aliphatic rings. The normalized spacial score (nSPS) is 12.1. The number of amides is 1. The second-order valence-corrected chi connectivity index (χ2v) is 10.2. The van der Waals surface area contributed by atoms with E-state index in [2.05, 4.69) is 15.2 Å². The van der Waals surface area contributed by atoms with Gasteiger partial charge in [0.15, 0.2) is 5.76 Å². The number of nitrogens with zero attached hydrogens (tertiary/aromatic N) is 1. The van der Waals surface area contributed by atoms with Gasteiger partial charge >= 0.3 is 0 Å². The van der Waals surface area contributed by atoms with E-state index in [1.165, 1.54) is 36.4 Å². The van der Waals surface area contributed by atoms with Gasteiger partial charge in [0.05, 0.1) is 9.79 Å². The fraction of sp³-hybridized carbons (Fsp3) is 0.143. The Morgan fingerprint density at radius 2 is 1.61 bits per heavy atom. The maximum Gasteiger partial charge on any atom is 0.261 e. The molecule has 1 heterocycles. The van der Waals surface area contributed by atoms with Gasteiger partial charge < -0.3 is 9.84 Å². The molecule has 3 aromatic rings. The van der Waals surface area contributed by atoms with Gasteiger partial charge in [-0.1, -0.05) is 30.3 Å². The number of rotatable bonds is 8. The van der Waals surface area contributed by atoms with Crippen molar-refractivity contribution in [1.82, 2.24) is 5.16 Å². The van der Waals surface area contributed by atoms with E-state index in [0.717, 1.165) is 0 Å². The number of aromatic nitrogens is 1. The molecule has 3 rings (SSSR count). The standard InChI is InChI=1S/C21H22N4O6S2/c1-3-20(26)23-21-14(2)24-31-19(21)13-6-15-4-9-18(10-5-15)33(29,30)25-16-7-11-17(12-8-16)32(22,27)28/h4-13,25H,3H2,1-2H3,(H,23,26)(H2,22,27,28). The number of primary sulfonamides is 1. The molecule has 0 aliphatic carbocycles. The molecule has 0 fully saturated rings. The molecule has 0 spiro atoms. The predicted molar refractivity (Wildman–Crippen MR) is 124 cm³/mol. The molecule has 0 atom stereocenters. The molecule has 2 aromatic carbocycles. The van der Waals surface area contributed by atoms with Gasteiger partial charge in [0.2, 0.25) is 15.9 Å². The van der Waals surface area contributed by atoms with Gasteiger partial charge in [-0.25, -0.2) is 22.0 Å². The van der Waals surface area contributed by atoms with Gasteiger partial charge in [0.1, 0.15) is 11.4 Å². The molecule has 10 nitrogen and oxygen atoms in total. The minimum atomic E-state index is -3.90. The van der Waals surface area contributed by atoms with Crippen molar-refractivity contribution < 1.29 is 26.2 Å². The number of aryl methyl sites for hydroxylation is 1. The van der Waals surface area contributed by atoms with E-state index in [-0.39, 0.29) is 21.4 Å². The summed E-state index contributed by atoms with van der Waals surface area (Å²) in [5.74, 6) is 0.202. The summed E-state index contributed by atoms with van der Waals surface area (Å²) in [7, 11) is -7.77. The molecule has 1 aromatic heterocycles. The summed E-state index contributed by atoms with van der Waals surface area (Å²) in [4.78, 5) is 11.6. The Labute approximate surface area is 191 Å². The Hall–Kier alpha value is -3.48. The third-order valence-electron chi connectivity index (χ3n) is 4.53. The number of anilines is 2. The molecule has 0 radical (unpaired) electrons. The average Bonchev–Trinajstić information content (AvgIpc) is 3.11. The highest BCUT2D eigenvalue weighted by Crippen LogP contribution is 2.23. The SMILES string of the molecule is CCC(=O)Nc1c(C)noc1C=Cc1ccc(S(=O)(=O)Nc2ccc(S(N)(=O)=O)cc2)cc1. The smallest absolute Gasteiger partial charge is 0.261 e. The largest absolute Gasteiger partial charge is 0.354 e. The van der Waals surface area contributed by atoms with Crippen molar-refractivity contribution in [3.63, 3.8) is 0 Å². The van der Waals surface area contributed by atoms with Crippen LogP contribution in [0, 0.1) is 6.92 Å². The second kappa shape index (κ2) is 9.57. The number of carbonyl (C=O) groups is 1. The van der Waals surface area contributed by atoms with Crippen LogP contribution in [0.2, 0.25) is 0 Å². The van der Waals surface area contributed by atoms with Crippen LogP contribution in [0.4, 0.5) is 11.4 Å². The van der Waals surface area contributed by atoms with E-state index in [1.54, 1.807) is 38.1 Å². The first-order chi connectivity index (χ1) is 15.5. The summed E-state index contributed by atoms with van der Waals surface area (Å²) in [6, 6.07) is 11.1. The topological polar surface area (TPSA) is 161 Å². The third kappa shape index (κ3) is 6.06. The van der Waals surface area contributed by atoms with Crippen molar-refractivity contribution in [2.45, 2.75) is 30.1 Å². The van der Waals surface area contributed by atoms with Crippen molar-refractivity contribution in [2.24, 2.45) is 5.14 Å². The predicted octanol–water partition coefficient (Wildman–Crippen LogP) is 2.95. The van der Waals surface area contributed by atoms with Gasteiger partial charge in [-0.2, -0.15) is 0 Å². The Morgan fingerprint density at radius 3 is 2.18 bits per heavy atom. The maximum absolute atomic E-state index is 12.6. The molecule has 0 saturated heterocycles.